The zero-order valence-corrected chi connectivity index (χ0v) is 13.7. The van der Waals surface area contributed by atoms with E-state index in [-0.39, 0.29) is 6.04 Å². The van der Waals surface area contributed by atoms with Crippen molar-refractivity contribution in [1.29, 1.82) is 0 Å². The van der Waals surface area contributed by atoms with Crippen LogP contribution in [0.3, 0.4) is 0 Å². The molecule has 0 fully saturated rings. The highest BCUT2D eigenvalue weighted by Gasteiger charge is 2.07. The van der Waals surface area contributed by atoms with Crippen LogP contribution in [0.5, 0.6) is 0 Å². The maximum absolute atomic E-state index is 5.89. The molecule has 0 aliphatic carbocycles. The van der Waals surface area contributed by atoms with Crippen LogP contribution in [-0.2, 0) is 11.8 Å². The molecule has 4 N–H and O–H groups in total. The Balaban J connectivity index is 1.74. The van der Waals surface area contributed by atoms with E-state index >= 15 is 0 Å². The summed E-state index contributed by atoms with van der Waals surface area (Å²) in [5.74, 6) is 1.22. The largest absolute Gasteiger partial charge is 0.383 e. The Labute approximate surface area is 140 Å². The second-order valence-corrected chi connectivity index (χ2v) is 5.49. The van der Waals surface area contributed by atoms with Gasteiger partial charge < -0.3 is 21.1 Å². The molecule has 24 heavy (non-hydrogen) atoms. The van der Waals surface area contributed by atoms with Crippen molar-refractivity contribution in [3.8, 4) is 0 Å². The van der Waals surface area contributed by atoms with Crippen LogP contribution in [0, 0.1) is 0 Å². The number of nitrogens with one attached hydrogen (secondary N) is 2. The van der Waals surface area contributed by atoms with Gasteiger partial charge in [0.15, 0.2) is 0 Å². The summed E-state index contributed by atoms with van der Waals surface area (Å²) in [5.41, 5.74) is 7.89. The summed E-state index contributed by atoms with van der Waals surface area (Å²) in [5, 5.41) is 11.8. The Morgan fingerprint density at radius 1 is 1.33 bits per heavy atom. The van der Waals surface area contributed by atoms with Crippen molar-refractivity contribution in [2.45, 2.75) is 6.04 Å². The van der Waals surface area contributed by atoms with Crippen LogP contribution in [0.1, 0.15) is 0 Å². The van der Waals surface area contributed by atoms with Gasteiger partial charge in [-0.1, -0.05) is 6.07 Å². The first-order valence-electron chi connectivity index (χ1n) is 7.66. The van der Waals surface area contributed by atoms with Gasteiger partial charge in [0, 0.05) is 38.3 Å². The van der Waals surface area contributed by atoms with Gasteiger partial charge >= 0.3 is 0 Å². The third-order valence-corrected chi connectivity index (χ3v) is 3.61. The quantitative estimate of drug-likeness (QED) is 0.604. The van der Waals surface area contributed by atoms with E-state index in [0.29, 0.717) is 24.9 Å². The maximum atomic E-state index is 5.89. The van der Waals surface area contributed by atoms with Gasteiger partial charge in [-0.2, -0.15) is 10.1 Å². The first kappa shape index (κ1) is 16.2. The van der Waals surface area contributed by atoms with Crippen molar-refractivity contribution in [3.63, 3.8) is 0 Å². The standard InChI is InChI=1S/C16H21N7O/c1-23-14-5-3-4-13(12(14)9-20-23)21-15-6-7-18-16(22-15)19-8-11(17)10-24-2/h3-7,9,11H,8,10,17H2,1-2H3,(H2,18,19,21,22)/t11-/m1/s1. The number of nitrogens with two attached hydrogens (primary N) is 1. The van der Waals surface area contributed by atoms with Crippen molar-refractivity contribution in [1.82, 2.24) is 19.7 Å². The number of hydrogen-bond acceptors (Lipinski definition) is 7. The van der Waals surface area contributed by atoms with Crippen molar-refractivity contribution in [2.24, 2.45) is 12.8 Å². The lowest BCUT2D eigenvalue weighted by molar-refractivity contribution is 0.183. The minimum atomic E-state index is -0.112. The van der Waals surface area contributed by atoms with Gasteiger partial charge in [-0.3, -0.25) is 4.68 Å². The van der Waals surface area contributed by atoms with Gasteiger partial charge in [0.2, 0.25) is 5.95 Å². The third kappa shape index (κ3) is 3.61. The van der Waals surface area contributed by atoms with Gasteiger partial charge in [0.05, 0.1) is 24.0 Å². The minimum absolute atomic E-state index is 0.112. The van der Waals surface area contributed by atoms with Crippen LogP contribution < -0.4 is 16.4 Å². The van der Waals surface area contributed by atoms with E-state index in [0.717, 1.165) is 16.6 Å². The van der Waals surface area contributed by atoms with Crippen LogP contribution in [0.2, 0.25) is 0 Å². The van der Waals surface area contributed by atoms with Gasteiger partial charge in [-0.25, -0.2) is 4.98 Å². The van der Waals surface area contributed by atoms with Crippen molar-refractivity contribution in [2.75, 3.05) is 30.9 Å². The Morgan fingerprint density at radius 3 is 3.04 bits per heavy atom. The third-order valence-electron chi connectivity index (χ3n) is 3.61. The molecule has 3 rings (SSSR count). The average Bonchev–Trinajstić information content (AvgIpc) is 2.96. The summed E-state index contributed by atoms with van der Waals surface area (Å²) in [6.45, 7) is 1.02. The number of methoxy groups -OCH3 is 1. The predicted octanol–water partition coefficient (Wildman–Crippen LogP) is 1.49. The van der Waals surface area contributed by atoms with Crippen LogP contribution in [0.15, 0.2) is 36.7 Å². The number of nitrogens with zero attached hydrogens (tertiary/aromatic N) is 4. The summed E-state index contributed by atoms with van der Waals surface area (Å²) in [7, 11) is 3.54. The summed E-state index contributed by atoms with van der Waals surface area (Å²) in [4.78, 5) is 8.66. The summed E-state index contributed by atoms with van der Waals surface area (Å²) >= 11 is 0. The molecule has 0 unspecified atom stereocenters. The number of fused-ring (bicyclic) bond motifs is 1. The smallest absolute Gasteiger partial charge is 0.224 e. The van der Waals surface area contributed by atoms with Gasteiger partial charge in [-0.15, -0.1) is 0 Å². The molecule has 8 nitrogen and oxygen atoms in total. The fourth-order valence-corrected chi connectivity index (χ4v) is 2.43. The molecule has 1 aromatic carbocycles. The first-order valence-corrected chi connectivity index (χ1v) is 7.66. The van der Waals surface area contributed by atoms with Gasteiger partial charge in [0.1, 0.15) is 5.82 Å². The van der Waals surface area contributed by atoms with E-state index in [9.17, 15) is 0 Å². The lowest BCUT2D eigenvalue weighted by atomic mass is 10.2. The Bertz CT molecular complexity index is 817. The predicted molar refractivity (Wildman–Crippen MR) is 94.4 cm³/mol. The Hall–Kier alpha value is -2.71. The van der Waals surface area contributed by atoms with E-state index in [1.54, 1.807) is 13.3 Å². The van der Waals surface area contributed by atoms with Gasteiger partial charge in [-0.05, 0) is 18.2 Å². The number of anilines is 3. The highest BCUT2D eigenvalue weighted by molar-refractivity contribution is 5.92. The highest BCUT2D eigenvalue weighted by atomic mass is 16.5. The Kier molecular flexibility index (Phi) is 4.88. The maximum Gasteiger partial charge on any atom is 0.224 e. The molecule has 8 heteroatoms. The summed E-state index contributed by atoms with van der Waals surface area (Å²) < 4.78 is 6.85. The number of hydrogen-bond donors (Lipinski definition) is 3. The SMILES string of the molecule is COC[C@H](N)CNc1nccc(Nc2cccc3c2cnn3C)n1. The summed E-state index contributed by atoms with van der Waals surface area (Å²) in [6, 6.07) is 7.71. The molecular weight excluding hydrogens is 306 g/mol. The molecule has 0 amide bonds. The highest BCUT2D eigenvalue weighted by Crippen LogP contribution is 2.25. The second-order valence-electron chi connectivity index (χ2n) is 5.49. The molecule has 126 valence electrons. The van der Waals surface area contributed by atoms with Crippen molar-refractivity contribution < 1.29 is 4.74 Å². The molecule has 2 aromatic heterocycles. The fourth-order valence-electron chi connectivity index (χ4n) is 2.43. The molecule has 2 heterocycles. The first-order chi connectivity index (χ1) is 11.7. The number of ether oxygens (including phenoxy) is 1. The molecular formula is C16H21N7O. The molecule has 0 saturated carbocycles. The molecule has 0 bridgehead atoms. The number of aromatic nitrogens is 4. The number of rotatable bonds is 7. The lowest BCUT2D eigenvalue weighted by Gasteiger charge is -2.12. The molecule has 0 aliphatic heterocycles. The zero-order valence-electron chi connectivity index (χ0n) is 13.7. The van der Waals surface area contributed by atoms with Crippen LogP contribution >= 0.6 is 0 Å². The summed E-state index contributed by atoms with van der Waals surface area (Å²) in [6.07, 6.45) is 3.53. The van der Waals surface area contributed by atoms with E-state index in [2.05, 4.69) is 25.7 Å². The topological polar surface area (TPSA) is 103 Å². The van der Waals surface area contributed by atoms with Crippen LogP contribution in [0.4, 0.5) is 17.5 Å². The molecule has 0 aliphatic rings. The normalized spacial score (nSPS) is 12.3. The molecule has 0 spiro atoms. The Morgan fingerprint density at radius 2 is 2.21 bits per heavy atom. The average molecular weight is 327 g/mol. The molecule has 3 aromatic rings. The van der Waals surface area contributed by atoms with Crippen molar-refractivity contribution in [3.05, 3.63) is 36.7 Å². The molecule has 1 atom stereocenters. The number of benzene rings is 1. The monoisotopic (exact) mass is 327 g/mol. The van der Waals surface area contributed by atoms with Crippen molar-refractivity contribution >= 4 is 28.4 Å². The van der Waals surface area contributed by atoms with E-state index in [4.69, 9.17) is 10.5 Å². The second kappa shape index (κ2) is 7.24. The van der Waals surface area contributed by atoms with Crippen LogP contribution in [0.25, 0.3) is 10.9 Å². The van der Waals surface area contributed by atoms with E-state index < -0.39 is 0 Å². The lowest BCUT2D eigenvalue weighted by Crippen LogP contribution is -2.33. The zero-order chi connectivity index (χ0) is 16.9. The van der Waals surface area contributed by atoms with E-state index in [1.165, 1.54) is 0 Å². The van der Waals surface area contributed by atoms with E-state index in [1.807, 2.05) is 42.2 Å². The minimum Gasteiger partial charge on any atom is -0.383 e. The fraction of sp³-hybridized carbons (Fsp3) is 0.312. The van der Waals surface area contributed by atoms with Crippen LogP contribution in [-0.4, -0.2) is 46.1 Å². The molecule has 0 radical (unpaired) electrons. The number of aryl methyl sites for hydroxylation is 1. The molecule has 0 saturated heterocycles. The van der Waals surface area contributed by atoms with Gasteiger partial charge in [0.25, 0.3) is 0 Å².